The molecule has 1 spiro atoms. The maximum Gasteiger partial charge on any atom is 0.317 e. The van der Waals surface area contributed by atoms with Gasteiger partial charge in [0.2, 0.25) is 0 Å². The minimum absolute atomic E-state index is 0.0451. The SMILES string of the molecule is CCOC(=O)C1(C(F)F)CCC2(CC1)OCCO2. The molecule has 18 heavy (non-hydrogen) atoms. The average molecular weight is 264 g/mol. The van der Waals surface area contributed by atoms with Crippen LogP contribution in [0.1, 0.15) is 32.6 Å². The number of ether oxygens (including phenoxy) is 3. The summed E-state index contributed by atoms with van der Waals surface area (Å²) in [4.78, 5) is 11.8. The molecule has 1 saturated heterocycles. The van der Waals surface area contributed by atoms with E-state index in [1.807, 2.05) is 0 Å². The summed E-state index contributed by atoms with van der Waals surface area (Å²) in [6, 6.07) is 0. The van der Waals surface area contributed by atoms with Crippen LogP contribution in [0.4, 0.5) is 8.78 Å². The fourth-order valence-electron chi connectivity index (χ4n) is 2.65. The third-order valence-corrected chi connectivity index (χ3v) is 3.82. The fourth-order valence-corrected chi connectivity index (χ4v) is 2.65. The summed E-state index contributed by atoms with van der Waals surface area (Å²) in [6.45, 7) is 2.71. The van der Waals surface area contributed by atoms with Gasteiger partial charge >= 0.3 is 5.97 Å². The van der Waals surface area contributed by atoms with Gasteiger partial charge in [-0.3, -0.25) is 4.79 Å². The molecule has 6 heteroatoms. The summed E-state index contributed by atoms with van der Waals surface area (Å²) in [6.07, 6.45) is -1.99. The number of halogens is 2. The molecule has 0 aromatic rings. The van der Waals surface area contributed by atoms with E-state index in [-0.39, 0.29) is 19.4 Å². The summed E-state index contributed by atoms with van der Waals surface area (Å²) in [5, 5.41) is 0. The van der Waals surface area contributed by atoms with Gasteiger partial charge in [0, 0.05) is 12.8 Å². The van der Waals surface area contributed by atoms with Gasteiger partial charge in [0.1, 0.15) is 5.41 Å². The summed E-state index contributed by atoms with van der Waals surface area (Å²) >= 11 is 0. The Balaban J connectivity index is 2.08. The Morgan fingerprint density at radius 2 is 1.78 bits per heavy atom. The van der Waals surface area contributed by atoms with Crippen LogP contribution in [-0.4, -0.2) is 38.0 Å². The number of hydrogen-bond donors (Lipinski definition) is 0. The molecule has 1 aliphatic heterocycles. The first-order chi connectivity index (χ1) is 8.55. The Kier molecular flexibility index (Phi) is 3.87. The summed E-state index contributed by atoms with van der Waals surface area (Å²) < 4.78 is 42.2. The van der Waals surface area contributed by atoms with E-state index in [1.54, 1.807) is 6.92 Å². The van der Waals surface area contributed by atoms with Gasteiger partial charge < -0.3 is 14.2 Å². The topological polar surface area (TPSA) is 44.8 Å². The van der Waals surface area contributed by atoms with Gasteiger partial charge in [0.05, 0.1) is 19.8 Å². The van der Waals surface area contributed by atoms with Gasteiger partial charge in [0.25, 0.3) is 6.43 Å². The van der Waals surface area contributed by atoms with Crippen LogP contribution >= 0.6 is 0 Å². The van der Waals surface area contributed by atoms with Gasteiger partial charge in [-0.25, -0.2) is 8.78 Å². The predicted octanol–water partition coefficient (Wildman–Crippen LogP) is 2.12. The van der Waals surface area contributed by atoms with Gasteiger partial charge in [-0.1, -0.05) is 0 Å². The smallest absolute Gasteiger partial charge is 0.317 e. The van der Waals surface area contributed by atoms with Crippen molar-refractivity contribution in [2.45, 2.75) is 44.8 Å². The molecule has 0 amide bonds. The quantitative estimate of drug-likeness (QED) is 0.732. The molecule has 2 rings (SSSR count). The first kappa shape index (κ1) is 13.7. The zero-order valence-electron chi connectivity index (χ0n) is 10.4. The molecule has 104 valence electrons. The van der Waals surface area contributed by atoms with E-state index in [2.05, 4.69) is 0 Å². The largest absolute Gasteiger partial charge is 0.465 e. The molecular weight excluding hydrogens is 246 g/mol. The van der Waals surface area contributed by atoms with Crippen molar-refractivity contribution in [1.82, 2.24) is 0 Å². The molecule has 2 aliphatic rings. The summed E-state index contributed by atoms with van der Waals surface area (Å²) in [5.74, 6) is -1.54. The number of carbonyl (C=O) groups is 1. The lowest BCUT2D eigenvalue weighted by Crippen LogP contribution is -2.48. The van der Waals surface area contributed by atoms with Crippen molar-refractivity contribution >= 4 is 5.97 Å². The number of hydrogen-bond acceptors (Lipinski definition) is 4. The van der Waals surface area contributed by atoms with Crippen LogP contribution in [0.25, 0.3) is 0 Å². The van der Waals surface area contributed by atoms with Crippen LogP contribution in [0.3, 0.4) is 0 Å². The highest BCUT2D eigenvalue weighted by molar-refractivity contribution is 5.77. The molecule has 1 saturated carbocycles. The minimum atomic E-state index is -2.71. The lowest BCUT2D eigenvalue weighted by atomic mass is 9.72. The van der Waals surface area contributed by atoms with Crippen molar-refractivity contribution in [3.05, 3.63) is 0 Å². The first-order valence-electron chi connectivity index (χ1n) is 6.28. The predicted molar refractivity (Wildman–Crippen MR) is 58.2 cm³/mol. The van der Waals surface area contributed by atoms with E-state index < -0.39 is 23.6 Å². The average Bonchev–Trinajstić information content (AvgIpc) is 2.79. The molecular formula is C12H18F2O4. The van der Waals surface area contributed by atoms with Crippen LogP contribution in [0.2, 0.25) is 0 Å². The van der Waals surface area contributed by atoms with Crippen molar-refractivity contribution in [3.8, 4) is 0 Å². The van der Waals surface area contributed by atoms with E-state index in [4.69, 9.17) is 14.2 Å². The Hall–Kier alpha value is -0.750. The van der Waals surface area contributed by atoms with Crippen molar-refractivity contribution in [1.29, 1.82) is 0 Å². The minimum Gasteiger partial charge on any atom is -0.465 e. The maximum absolute atomic E-state index is 13.2. The molecule has 0 bridgehead atoms. The lowest BCUT2D eigenvalue weighted by Gasteiger charge is -2.41. The Morgan fingerprint density at radius 3 is 2.22 bits per heavy atom. The number of rotatable bonds is 3. The van der Waals surface area contributed by atoms with Crippen LogP contribution in [-0.2, 0) is 19.0 Å². The van der Waals surface area contributed by atoms with Crippen molar-refractivity contribution < 1.29 is 27.8 Å². The Labute approximate surface area is 105 Å². The van der Waals surface area contributed by atoms with Crippen molar-refractivity contribution in [2.75, 3.05) is 19.8 Å². The highest BCUT2D eigenvalue weighted by Crippen LogP contribution is 2.48. The second kappa shape index (κ2) is 5.09. The van der Waals surface area contributed by atoms with E-state index in [0.29, 0.717) is 26.1 Å². The normalized spacial score (nSPS) is 25.6. The van der Waals surface area contributed by atoms with Gasteiger partial charge in [-0.15, -0.1) is 0 Å². The molecule has 2 fully saturated rings. The molecule has 0 unspecified atom stereocenters. The van der Waals surface area contributed by atoms with E-state index >= 15 is 0 Å². The van der Waals surface area contributed by atoms with Gasteiger partial charge in [-0.05, 0) is 19.8 Å². The molecule has 4 nitrogen and oxygen atoms in total. The van der Waals surface area contributed by atoms with Crippen molar-refractivity contribution in [3.63, 3.8) is 0 Å². The summed E-state index contributed by atoms with van der Waals surface area (Å²) in [7, 11) is 0. The number of alkyl halides is 2. The molecule has 0 aromatic heterocycles. The molecule has 0 radical (unpaired) electrons. The van der Waals surface area contributed by atoms with Crippen LogP contribution < -0.4 is 0 Å². The summed E-state index contributed by atoms with van der Waals surface area (Å²) in [5.41, 5.74) is -1.68. The zero-order valence-corrected chi connectivity index (χ0v) is 10.4. The van der Waals surface area contributed by atoms with Gasteiger partial charge in [-0.2, -0.15) is 0 Å². The molecule has 1 aliphatic carbocycles. The Bertz CT molecular complexity index is 303. The second-order valence-corrected chi connectivity index (χ2v) is 4.78. The fraction of sp³-hybridized carbons (Fsp3) is 0.917. The highest BCUT2D eigenvalue weighted by atomic mass is 19.3. The standard InChI is InChI=1S/C12H18F2O4/c1-2-16-10(15)11(9(13)14)3-5-12(6-4-11)17-7-8-18-12/h9H,2-8H2,1H3. The first-order valence-corrected chi connectivity index (χ1v) is 6.28. The lowest BCUT2D eigenvalue weighted by molar-refractivity contribution is -0.212. The molecule has 0 N–H and O–H groups in total. The number of esters is 1. The van der Waals surface area contributed by atoms with Crippen LogP contribution in [0.5, 0.6) is 0 Å². The molecule has 0 atom stereocenters. The van der Waals surface area contributed by atoms with Crippen LogP contribution in [0, 0.1) is 5.41 Å². The number of carbonyl (C=O) groups excluding carboxylic acids is 1. The highest BCUT2D eigenvalue weighted by Gasteiger charge is 2.55. The van der Waals surface area contributed by atoms with Crippen LogP contribution in [0.15, 0.2) is 0 Å². The van der Waals surface area contributed by atoms with E-state index in [0.717, 1.165) is 0 Å². The van der Waals surface area contributed by atoms with Crippen molar-refractivity contribution in [2.24, 2.45) is 5.41 Å². The van der Waals surface area contributed by atoms with Gasteiger partial charge in [0.15, 0.2) is 5.79 Å². The molecule has 0 aromatic carbocycles. The second-order valence-electron chi connectivity index (χ2n) is 4.78. The zero-order chi connectivity index (χ0) is 13.2. The van der Waals surface area contributed by atoms with E-state index in [9.17, 15) is 13.6 Å². The van der Waals surface area contributed by atoms with E-state index in [1.165, 1.54) is 0 Å². The third kappa shape index (κ3) is 2.23. The Morgan fingerprint density at radius 1 is 1.22 bits per heavy atom. The third-order valence-electron chi connectivity index (χ3n) is 3.82. The maximum atomic E-state index is 13.2. The monoisotopic (exact) mass is 264 g/mol. The molecule has 1 heterocycles.